The first-order valence-electron chi connectivity index (χ1n) is 11.5. The Bertz CT molecular complexity index is 1380. The van der Waals surface area contributed by atoms with Crippen molar-refractivity contribution in [3.63, 3.8) is 0 Å². The average molecular weight is 469 g/mol. The number of carbonyl (C=O) groups excluding carboxylic acids is 1. The van der Waals surface area contributed by atoms with Gasteiger partial charge < -0.3 is 9.84 Å². The molecule has 1 atom stereocenters. The SMILES string of the molecule is CCc1ccc(CN2C(=O)NC(c3cccc(F)c3)C(c3nc(-c4ccccc4)no3)=C2C)cc1. The third kappa shape index (κ3) is 4.57. The van der Waals surface area contributed by atoms with Crippen LogP contribution in [-0.2, 0) is 13.0 Å². The third-order valence-electron chi connectivity index (χ3n) is 6.24. The van der Waals surface area contributed by atoms with E-state index in [4.69, 9.17) is 4.52 Å². The summed E-state index contributed by atoms with van der Waals surface area (Å²) in [4.78, 5) is 19.5. The number of amides is 2. The monoisotopic (exact) mass is 468 g/mol. The fourth-order valence-corrected chi connectivity index (χ4v) is 4.29. The van der Waals surface area contributed by atoms with Crippen molar-refractivity contribution in [1.29, 1.82) is 0 Å². The van der Waals surface area contributed by atoms with E-state index >= 15 is 0 Å². The zero-order valence-corrected chi connectivity index (χ0v) is 19.5. The zero-order valence-electron chi connectivity index (χ0n) is 19.5. The predicted molar refractivity (Wildman–Crippen MR) is 131 cm³/mol. The number of nitrogens with zero attached hydrogens (tertiary/aromatic N) is 3. The van der Waals surface area contributed by atoms with Gasteiger partial charge in [0.15, 0.2) is 0 Å². The normalized spacial score (nSPS) is 15.9. The Balaban J connectivity index is 1.58. The molecule has 1 unspecified atom stereocenters. The molecular formula is C28H25FN4O2. The molecule has 176 valence electrons. The third-order valence-corrected chi connectivity index (χ3v) is 6.24. The molecule has 0 saturated carbocycles. The number of carbonyl (C=O) groups is 1. The molecule has 5 rings (SSSR count). The van der Waals surface area contributed by atoms with Crippen molar-refractivity contribution < 1.29 is 13.7 Å². The molecule has 0 bridgehead atoms. The Morgan fingerprint density at radius 2 is 1.74 bits per heavy atom. The van der Waals surface area contributed by atoms with E-state index in [1.165, 1.54) is 17.7 Å². The molecule has 1 aromatic heterocycles. The van der Waals surface area contributed by atoms with Gasteiger partial charge in [0, 0.05) is 11.3 Å². The molecule has 0 radical (unpaired) electrons. The number of benzene rings is 3. The van der Waals surface area contributed by atoms with E-state index in [2.05, 4.69) is 34.5 Å². The van der Waals surface area contributed by atoms with Crippen LogP contribution in [0, 0.1) is 5.82 Å². The van der Waals surface area contributed by atoms with Crippen molar-refractivity contribution in [2.45, 2.75) is 32.9 Å². The van der Waals surface area contributed by atoms with E-state index in [0.29, 0.717) is 29.2 Å². The molecule has 0 saturated heterocycles. The molecule has 0 fully saturated rings. The summed E-state index contributed by atoms with van der Waals surface area (Å²) in [6.07, 6.45) is 0.948. The lowest BCUT2D eigenvalue weighted by Crippen LogP contribution is -2.45. The lowest BCUT2D eigenvalue weighted by molar-refractivity contribution is 0.203. The Morgan fingerprint density at radius 1 is 1.00 bits per heavy atom. The standard InChI is InChI=1S/C28H25FN4O2/c1-3-19-12-14-20(15-13-19)17-33-18(2)24(25(30-28(33)34)22-10-7-11-23(29)16-22)27-31-26(32-35-27)21-8-5-4-6-9-21/h4-16,25H,3,17H2,1-2H3,(H,30,34). The molecule has 0 aliphatic carbocycles. The first-order valence-corrected chi connectivity index (χ1v) is 11.5. The van der Waals surface area contributed by atoms with Gasteiger partial charge in [0.2, 0.25) is 5.82 Å². The van der Waals surface area contributed by atoms with Gasteiger partial charge in [-0.25, -0.2) is 9.18 Å². The van der Waals surface area contributed by atoms with Gasteiger partial charge in [-0.15, -0.1) is 0 Å². The minimum Gasteiger partial charge on any atom is -0.334 e. The molecule has 0 spiro atoms. The maximum Gasteiger partial charge on any atom is 0.322 e. The molecule has 1 aliphatic heterocycles. The highest BCUT2D eigenvalue weighted by Crippen LogP contribution is 2.38. The molecule has 3 aromatic carbocycles. The first-order chi connectivity index (χ1) is 17.0. The highest BCUT2D eigenvalue weighted by molar-refractivity contribution is 5.86. The smallest absolute Gasteiger partial charge is 0.322 e. The summed E-state index contributed by atoms with van der Waals surface area (Å²) in [5.74, 6) is 0.335. The summed E-state index contributed by atoms with van der Waals surface area (Å²) in [6, 6.07) is 23.0. The van der Waals surface area contributed by atoms with Crippen molar-refractivity contribution in [3.8, 4) is 11.4 Å². The molecule has 2 amide bonds. The van der Waals surface area contributed by atoms with Crippen LogP contribution in [0.5, 0.6) is 0 Å². The zero-order chi connectivity index (χ0) is 24.4. The second kappa shape index (κ2) is 9.54. The van der Waals surface area contributed by atoms with Crippen LogP contribution in [-0.4, -0.2) is 21.1 Å². The second-order valence-corrected chi connectivity index (χ2v) is 8.48. The van der Waals surface area contributed by atoms with Crippen LogP contribution in [0.3, 0.4) is 0 Å². The fourth-order valence-electron chi connectivity index (χ4n) is 4.29. The van der Waals surface area contributed by atoms with Crippen LogP contribution in [0.1, 0.15) is 42.5 Å². The Labute approximate surface area is 203 Å². The van der Waals surface area contributed by atoms with Gasteiger partial charge in [0.1, 0.15) is 5.82 Å². The molecule has 2 heterocycles. The molecule has 7 heteroatoms. The highest BCUT2D eigenvalue weighted by Gasteiger charge is 2.36. The van der Waals surface area contributed by atoms with E-state index in [9.17, 15) is 9.18 Å². The number of urea groups is 1. The van der Waals surface area contributed by atoms with Gasteiger partial charge in [-0.1, -0.05) is 78.8 Å². The number of allylic oxidation sites excluding steroid dienone is 1. The number of hydrogen-bond acceptors (Lipinski definition) is 4. The predicted octanol–water partition coefficient (Wildman–Crippen LogP) is 6.14. The van der Waals surface area contributed by atoms with E-state index in [1.54, 1.807) is 17.0 Å². The van der Waals surface area contributed by atoms with Crippen LogP contribution in [0.15, 0.2) is 89.1 Å². The van der Waals surface area contributed by atoms with Crippen molar-refractivity contribution in [1.82, 2.24) is 20.4 Å². The minimum atomic E-state index is -0.638. The summed E-state index contributed by atoms with van der Waals surface area (Å²) in [6.45, 7) is 4.33. The number of hydrogen-bond donors (Lipinski definition) is 1. The highest BCUT2D eigenvalue weighted by atomic mass is 19.1. The maximum absolute atomic E-state index is 14.1. The lowest BCUT2D eigenvalue weighted by Gasteiger charge is -2.35. The second-order valence-electron chi connectivity index (χ2n) is 8.48. The molecule has 6 nitrogen and oxygen atoms in total. The van der Waals surface area contributed by atoms with Gasteiger partial charge in [0.05, 0.1) is 18.2 Å². The van der Waals surface area contributed by atoms with Crippen molar-refractivity contribution >= 4 is 11.6 Å². The van der Waals surface area contributed by atoms with Crippen LogP contribution in [0.4, 0.5) is 9.18 Å². The molecule has 1 N–H and O–H groups in total. The van der Waals surface area contributed by atoms with Crippen molar-refractivity contribution in [3.05, 3.63) is 113 Å². The molecule has 1 aliphatic rings. The van der Waals surface area contributed by atoms with Crippen molar-refractivity contribution in [2.75, 3.05) is 0 Å². The van der Waals surface area contributed by atoms with E-state index in [-0.39, 0.29) is 17.7 Å². The number of aromatic nitrogens is 2. The summed E-state index contributed by atoms with van der Waals surface area (Å²) < 4.78 is 19.8. The van der Waals surface area contributed by atoms with Gasteiger partial charge in [0.25, 0.3) is 5.89 Å². The summed E-state index contributed by atoms with van der Waals surface area (Å²) in [5.41, 5.74) is 4.95. The van der Waals surface area contributed by atoms with E-state index in [1.807, 2.05) is 49.4 Å². The molecule has 35 heavy (non-hydrogen) atoms. The number of halogens is 1. The van der Waals surface area contributed by atoms with Gasteiger partial charge >= 0.3 is 6.03 Å². The molecular weight excluding hydrogens is 443 g/mol. The number of aryl methyl sites for hydroxylation is 1. The van der Waals surface area contributed by atoms with Crippen LogP contribution >= 0.6 is 0 Å². The maximum atomic E-state index is 14.1. The topological polar surface area (TPSA) is 71.3 Å². The number of rotatable bonds is 6. The van der Waals surface area contributed by atoms with Crippen molar-refractivity contribution in [2.24, 2.45) is 0 Å². The summed E-state index contributed by atoms with van der Waals surface area (Å²) in [5, 5.41) is 7.18. The Hall–Kier alpha value is -4.26. The van der Waals surface area contributed by atoms with Gasteiger partial charge in [-0.2, -0.15) is 4.98 Å². The van der Waals surface area contributed by atoms with Crippen LogP contribution < -0.4 is 5.32 Å². The first kappa shape index (κ1) is 22.5. The Kier molecular flexibility index (Phi) is 6.14. The van der Waals surface area contributed by atoms with Crippen LogP contribution in [0.25, 0.3) is 17.0 Å². The minimum absolute atomic E-state index is 0.275. The quantitative estimate of drug-likeness (QED) is 0.369. The largest absolute Gasteiger partial charge is 0.334 e. The average Bonchev–Trinajstić information content (AvgIpc) is 3.37. The van der Waals surface area contributed by atoms with E-state index in [0.717, 1.165) is 17.5 Å². The van der Waals surface area contributed by atoms with E-state index < -0.39 is 6.04 Å². The lowest BCUT2D eigenvalue weighted by atomic mass is 9.94. The Morgan fingerprint density at radius 3 is 2.46 bits per heavy atom. The van der Waals surface area contributed by atoms with Crippen LogP contribution in [0.2, 0.25) is 0 Å². The fraction of sp³-hybridized carbons (Fsp3) is 0.179. The summed E-state index contributed by atoms with van der Waals surface area (Å²) >= 11 is 0. The summed E-state index contributed by atoms with van der Waals surface area (Å²) in [7, 11) is 0. The number of nitrogens with one attached hydrogen (secondary N) is 1. The molecule has 4 aromatic rings. The van der Waals surface area contributed by atoms with Gasteiger partial charge in [-0.3, -0.25) is 4.90 Å². The van der Waals surface area contributed by atoms with Gasteiger partial charge in [-0.05, 0) is 42.2 Å².